The van der Waals surface area contributed by atoms with Crippen molar-refractivity contribution in [3.63, 3.8) is 0 Å². The molecule has 31 heavy (non-hydrogen) atoms. The second-order valence-corrected chi connectivity index (χ2v) is 7.87. The van der Waals surface area contributed by atoms with Crippen molar-refractivity contribution in [2.45, 2.75) is 43.6 Å². The molecule has 0 spiro atoms. The first-order valence-corrected chi connectivity index (χ1v) is 10.1. The van der Waals surface area contributed by atoms with Gasteiger partial charge in [-0.25, -0.2) is 9.37 Å². The average Bonchev–Trinajstić information content (AvgIpc) is 3.32. The third-order valence-corrected chi connectivity index (χ3v) is 5.80. The summed E-state index contributed by atoms with van der Waals surface area (Å²) in [5.41, 5.74) is 0.459. The Morgan fingerprint density at radius 1 is 1.35 bits per heavy atom. The number of aromatic nitrogens is 4. The predicted octanol–water partition coefficient (Wildman–Crippen LogP) is 1.21. The van der Waals surface area contributed by atoms with Gasteiger partial charge in [0.1, 0.15) is 29.1 Å². The van der Waals surface area contributed by atoms with E-state index in [9.17, 15) is 19.1 Å². The molecule has 1 amide bonds. The number of hydrogen-bond acceptors (Lipinski definition) is 7. The van der Waals surface area contributed by atoms with Crippen LogP contribution in [0.1, 0.15) is 35.7 Å². The van der Waals surface area contributed by atoms with Crippen LogP contribution in [0.2, 0.25) is 0 Å². The molecule has 0 aromatic carbocycles. The van der Waals surface area contributed by atoms with Crippen molar-refractivity contribution in [2.24, 2.45) is 0 Å². The number of hydrogen-bond donors (Lipinski definition) is 4. The van der Waals surface area contributed by atoms with Gasteiger partial charge in [-0.15, -0.1) is 0 Å². The van der Waals surface area contributed by atoms with Crippen LogP contribution >= 0.6 is 0 Å². The van der Waals surface area contributed by atoms with Crippen LogP contribution in [0.4, 0.5) is 21.7 Å². The summed E-state index contributed by atoms with van der Waals surface area (Å²) in [6.45, 7) is 0. The number of amides is 1. The van der Waals surface area contributed by atoms with Crippen molar-refractivity contribution in [2.75, 3.05) is 17.7 Å². The van der Waals surface area contributed by atoms with Crippen molar-refractivity contribution in [1.29, 1.82) is 0 Å². The summed E-state index contributed by atoms with van der Waals surface area (Å²) in [5, 5.41) is 22.7. The number of nitrogens with zero attached hydrogens (tertiary/aromatic N) is 4. The number of pyridine rings is 1. The lowest BCUT2D eigenvalue weighted by atomic mass is 9.89. The molecule has 4 N–H and O–H groups in total. The first-order chi connectivity index (χ1) is 15.0. The lowest BCUT2D eigenvalue weighted by Gasteiger charge is -2.32. The summed E-state index contributed by atoms with van der Waals surface area (Å²) in [6.07, 6.45) is 3.16. The second-order valence-electron chi connectivity index (χ2n) is 7.87. The van der Waals surface area contributed by atoms with Gasteiger partial charge in [0.05, 0.1) is 24.4 Å². The second kappa shape index (κ2) is 7.34. The largest absolute Gasteiger partial charge is 0.391 e. The first-order valence-electron chi connectivity index (χ1n) is 10.1. The quantitative estimate of drug-likeness (QED) is 0.466. The molecule has 10 nitrogen and oxygen atoms in total. The molecule has 3 heterocycles. The van der Waals surface area contributed by atoms with E-state index in [4.69, 9.17) is 0 Å². The molecule has 0 saturated heterocycles. The van der Waals surface area contributed by atoms with E-state index in [1.807, 2.05) is 0 Å². The Balaban J connectivity index is 1.48. The molecule has 2 fully saturated rings. The third kappa shape index (κ3) is 3.40. The van der Waals surface area contributed by atoms with Crippen molar-refractivity contribution in [1.82, 2.24) is 24.5 Å². The molecular formula is C20H22FN7O3. The normalized spacial score (nSPS) is 24.5. The molecule has 162 valence electrons. The van der Waals surface area contributed by atoms with E-state index in [1.54, 1.807) is 31.4 Å². The van der Waals surface area contributed by atoms with Crippen molar-refractivity contribution >= 4 is 28.9 Å². The number of fused-ring (bicyclic) bond motifs is 1. The number of carbonyl (C=O) groups is 1. The highest BCUT2D eigenvalue weighted by atomic mass is 19.1. The predicted molar refractivity (Wildman–Crippen MR) is 112 cm³/mol. The molecule has 0 aliphatic heterocycles. The van der Waals surface area contributed by atoms with Gasteiger partial charge in [0.15, 0.2) is 5.65 Å². The van der Waals surface area contributed by atoms with E-state index in [0.717, 1.165) is 6.42 Å². The van der Waals surface area contributed by atoms with E-state index in [-0.39, 0.29) is 28.8 Å². The molecule has 5 rings (SSSR count). The van der Waals surface area contributed by atoms with Gasteiger partial charge in [0, 0.05) is 25.7 Å². The molecule has 2 aliphatic rings. The molecule has 0 radical (unpaired) electrons. The zero-order chi connectivity index (χ0) is 21.7. The molecule has 2 saturated carbocycles. The van der Waals surface area contributed by atoms with Crippen molar-refractivity contribution < 1.29 is 14.3 Å². The van der Waals surface area contributed by atoms with Gasteiger partial charge in [-0.1, -0.05) is 0 Å². The zero-order valence-electron chi connectivity index (χ0n) is 16.7. The third-order valence-electron chi connectivity index (χ3n) is 5.80. The summed E-state index contributed by atoms with van der Waals surface area (Å²) >= 11 is 0. The number of alkyl halides is 1. The summed E-state index contributed by atoms with van der Waals surface area (Å²) in [4.78, 5) is 29.9. The van der Waals surface area contributed by atoms with Gasteiger partial charge in [0.25, 0.3) is 11.5 Å². The smallest absolute Gasteiger partial charge is 0.274 e. The molecule has 11 heteroatoms. The Hall–Kier alpha value is -3.47. The maximum absolute atomic E-state index is 13.4. The fraction of sp³-hybridized carbons (Fsp3) is 0.400. The van der Waals surface area contributed by atoms with Gasteiger partial charge in [-0.3, -0.25) is 9.59 Å². The van der Waals surface area contributed by atoms with Crippen molar-refractivity contribution in [3.05, 3.63) is 46.5 Å². The number of aliphatic hydroxyl groups is 1. The summed E-state index contributed by atoms with van der Waals surface area (Å²) < 4.78 is 16.3. The van der Waals surface area contributed by atoms with Gasteiger partial charge in [0.2, 0.25) is 0 Å². The lowest BCUT2D eigenvalue weighted by molar-refractivity contribution is 0.0448. The van der Waals surface area contributed by atoms with Gasteiger partial charge >= 0.3 is 0 Å². The van der Waals surface area contributed by atoms with Crippen LogP contribution in [0.5, 0.6) is 0 Å². The standard InChI is InChI=1S/C20H22FN7O3/c1-22-17-8-16(24-13-3-2-6-27(20(13)31)14-7-11(14)21)26-18-10(9-23-28(17)18)19(30)25-12-4-5-15(12)29/h2-3,6,8-9,11-12,14-15,22,29H,4-5,7H2,1H3,(H,24,26)(H,25,30)/t11-,12?,14-,15-/m1/s1. The van der Waals surface area contributed by atoms with Gasteiger partial charge in [-0.2, -0.15) is 9.61 Å². The Morgan fingerprint density at radius 2 is 2.16 bits per heavy atom. The van der Waals surface area contributed by atoms with Crippen molar-refractivity contribution in [3.8, 4) is 0 Å². The molecular weight excluding hydrogens is 405 g/mol. The van der Waals surface area contributed by atoms with Crippen LogP contribution in [-0.4, -0.2) is 55.5 Å². The monoisotopic (exact) mass is 427 g/mol. The minimum Gasteiger partial charge on any atom is -0.391 e. The van der Waals surface area contributed by atoms with Crippen LogP contribution < -0.4 is 21.5 Å². The Kier molecular flexibility index (Phi) is 4.62. The van der Waals surface area contributed by atoms with Gasteiger partial charge in [-0.05, 0) is 25.0 Å². The van der Waals surface area contributed by atoms with Crippen LogP contribution in [0.15, 0.2) is 35.4 Å². The first kappa shape index (κ1) is 19.5. The van der Waals surface area contributed by atoms with E-state index >= 15 is 0 Å². The minimum atomic E-state index is -1.000. The van der Waals surface area contributed by atoms with Crippen LogP contribution in [-0.2, 0) is 0 Å². The number of carbonyl (C=O) groups excluding carboxylic acids is 1. The number of anilines is 3. The van der Waals surface area contributed by atoms with Crippen LogP contribution in [0.25, 0.3) is 5.65 Å². The van der Waals surface area contributed by atoms with E-state index in [1.165, 1.54) is 15.3 Å². The average molecular weight is 427 g/mol. The minimum absolute atomic E-state index is 0.253. The summed E-state index contributed by atoms with van der Waals surface area (Å²) in [7, 11) is 1.70. The Labute approximate surface area is 176 Å². The number of aliphatic hydroxyl groups excluding tert-OH is 1. The maximum Gasteiger partial charge on any atom is 0.274 e. The van der Waals surface area contributed by atoms with E-state index in [2.05, 4.69) is 26.0 Å². The highest BCUT2D eigenvalue weighted by Gasteiger charge is 2.39. The molecule has 0 bridgehead atoms. The lowest BCUT2D eigenvalue weighted by Crippen LogP contribution is -2.50. The summed E-state index contributed by atoms with van der Waals surface area (Å²) in [6, 6.07) is 4.22. The molecule has 3 aromatic rings. The molecule has 1 unspecified atom stereocenters. The molecule has 3 aromatic heterocycles. The van der Waals surface area contributed by atoms with E-state index in [0.29, 0.717) is 30.1 Å². The van der Waals surface area contributed by atoms with E-state index < -0.39 is 18.3 Å². The number of nitrogens with one attached hydrogen (secondary N) is 3. The SMILES string of the molecule is CNc1cc(Nc2cccn([C@@H]3C[C@H]3F)c2=O)nc2c(C(=O)NC3CC[C@H]3O)cnn12. The summed E-state index contributed by atoms with van der Waals surface area (Å²) in [5.74, 6) is 0.505. The van der Waals surface area contributed by atoms with Crippen LogP contribution in [0.3, 0.4) is 0 Å². The van der Waals surface area contributed by atoms with Gasteiger partial charge < -0.3 is 25.6 Å². The molecule has 2 aliphatic carbocycles. The zero-order valence-corrected chi connectivity index (χ0v) is 16.7. The highest BCUT2D eigenvalue weighted by Crippen LogP contribution is 2.37. The Morgan fingerprint density at radius 3 is 2.81 bits per heavy atom. The topological polar surface area (TPSA) is 126 Å². The number of halogens is 1. The van der Waals surface area contributed by atoms with Crippen LogP contribution in [0, 0.1) is 0 Å². The Bertz CT molecular complexity index is 1220. The highest BCUT2D eigenvalue weighted by molar-refractivity contribution is 6.00. The number of rotatable bonds is 6. The molecule has 4 atom stereocenters. The fourth-order valence-corrected chi connectivity index (χ4v) is 3.71. The fourth-order valence-electron chi connectivity index (χ4n) is 3.71. The maximum atomic E-state index is 13.4.